The van der Waals surface area contributed by atoms with Crippen molar-refractivity contribution >= 4 is 39.1 Å². The lowest BCUT2D eigenvalue weighted by atomic mass is 10.1. The number of anilines is 1. The molecule has 192 valence electrons. The van der Waals surface area contributed by atoms with Crippen molar-refractivity contribution in [3.05, 3.63) is 64.2 Å². The first kappa shape index (κ1) is 28.7. The number of sulfonamides is 1. The third-order valence-corrected chi connectivity index (χ3v) is 7.02. The van der Waals surface area contributed by atoms with Gasteiger partial charge in [-0.1, -0.05) is 62.2 Å². The van der Waals surface area contributed by atoms with E-state index in [-0.39, 0.29) is 18.4 Å². The molecule has 0 aliphatic heterocycles. The third kappa shape index (κ3) is 8.25. The van der Waals surface area contributed by atoms with Gasteiger partial charge in [0.05, 0.1) is 11.9 Å². The Balaban J connectivity index is 2.44. The quantitative estimate of drug-likeness (QED) is 0.477. The Morgan fingerprint density at radius 1 is 1.06 bits per heavy atom. The first-order valence-corrected chi connectivity index (χ1v) is 13.9. The molecule has 2 amide bonds. The maximum Gasteiger partial charge on any atom is 0.244 e. The van der Waals surface area contributed by atoms with E-state index in [1.54, 1.807) is 30.3 Å². The second-order valence-corrected chi connectivity index (χ2v) is 11.6. The number of halogens is 1. The number of nitrogens with one attached hydrogen (secondary N) is 1. The van der Waals surface area contributed by atoms with Crippen molar-refractivity contribution in [1.29, 1.82) is 0 Å². The Kier molecular flexibility index (Phi) is 10.2. The van der Waals surface area contributed by atoms with Gasteiger partial charge in [-0.05, 0) is 55.5 Å². The van der Waals surface area contributed by atoms with Crippen molar-refractivity contribution in [3.63, 3.8) is 0 Å². The van der Waals surface area contributed by atoms with Crippen LogP contribution >= 0.6 is 11.6 Å². The van der Waals surface area contributed by atoms with Crippen molar-refractivity contribution < 1.29 is 18.0 Å². The molecule has 0 fully saturated rings. The molecule has 9 heteroatoms. The smallest absolute Gasteiger partial charge is 0.244 e. The summed E-state index contributed by atoms with van der Waals surface area (Å²) in [7, 11) is -3.77. The number of hydrogen-bond donors (Lipinski definition) is 1. The molecule has 0 heterocycles. The van der Waals surface area contributed by atoms with E-state index in [1.807, 2.05) is 46.8 Å². The molecular formula is C26H36ClN3O4S. The van der Waals surface area contributed by atoms with E-state index in [0.717, 1.165) is 27.3 Å². The van der Waals surface area contributed by atoms with Crippen LogP contribution in [-0.4, -0.2) is 50.5 Å². The van der Waals surface area contributed by atoms with Gasteiger partial charge in [-0.25, -0.2) is 8.42 Å². The number of hydrogen-bond acceptors (Lipinski definition) is 4. The Labute approximate surface area is 214 Å². The van der Waals surface area contributed by atoms with Crippen LogP contribution in [0.5, 0.6) is 0 Å². The van der Waals surface area contributed by atoms with Crippen molar-refractivity contribution in [2.24, 2.45) is 5.92 Å². The minimum atomic E-state index is -3.77. The van der Waals surface area contributed by atoms with E-state index < -0.39 is 28.5 Å². The zero-order chi connectivity index (χ0) is 26.3. The highest BCUT2D eigenvalue weighted by Crippen LogP contribution is 2.24. The normalized spacial score (nSPS) is 12.3. The van der Waals surface area contributed by atoms with Gasteiger partial charge in [-0.2, -0.15) is 0 Å². The summed E-state index contributed by atoms with van der Waals surface area (Å²) in [6.45, 7) is 9.76. The summed E-state index contributed by atoms with van der Waals surface area (Å²) in [5.74, 6) is -0.472. The van der Waals surface area contributed by atoms with E-state index in [9.17, 15) is 18.0 Å². The van der Waals surface area contributed by atoms with Gasteiger partial charge in [0.1, 0.15) is 12.6 Å². The molecule has 0 aromatic heterocycles. The molecule has 7 nitrogen and oxygen atoms in total. The van der Waals surface area contributed by atoms with E-state index >= 15 is 0 Å². The van der Waals surface area contributed by atoms with Crippen molar-refractivity contribution in [1.82, 2.24) is 10.2 Å². The number of nitrogens with zero attached hydrogens (tertiary/aromatic N) is 2. The van der Waals surface area contributed by atoms with Gasteiger partial charge in [-0.3, -0.25) is 13.9 Å². The van der Waals surface area contributed by atoms with Crippen LogP contribution < -0.4 is 9.62 Å². The van der Waals surface area contributed by atoms with E-state index in [1.165, 1.54) is 4.90 Å². The summed E-state index contributed by atoms with van der Waals surface area (Å²) in [4.78, 5) is 28.2. The van der Waals surface area contributed by atoms with Crippen LogP contribution in [0.15, 0.2) is 42.5 Å². The molecule has 1 N–H and O–H groups in total. The van der Waals surface area contributed by atoms with Crippen molar-refractivity contribution in [2.75, 3.05) is 23.7 Å². The lowest BCUT2D eigenvalue weighted by molar-refractivity contribution is -0.140. The molecule has 0 spiro atoms. The van der Waals surface area contributed by atoms with Gasteiger partial charge in [0.2, 0.25) is 21.8 Å². The highest BCUT2D eigenvalue weighted by atomic mass is 35.5. The molecule has 2 aromatic carbocycles. The lowest BCUT2D eigenvalue weighted by Crippen LogP contribution is -2.52. The third-order valence-electron chi connectivity index (χ3n) is 5.64. The van der Waals surface area contributed by atoms with E-state index in [4.69, 9.17) is 11.6 Å². The van der Waals surface area contributed by atoms with E-state index in [2.05, 4.69) is 5.32 Å². The molecule has 0 radical (unpaired) electrons. The maximum atomic E-state index is 13.7. The minimum Gasteiger partial charge on any atom is -0.354 e. The minimum absolute atomic E-state index is 0.147. The number of aryl methyl sites for hydroxylation is 2. The van der Waals surface area contributed by atoms with Gasteiger partial charge in [0.25, 0.3) is 0 Å². The summed E-state index contributed by atoms with van der Waals surface area (Å²) in [6, 6.07) is 11.7. The topological polar surface area (TPSA) is 86.8 Å². The molecule has 0 aliphatic rings. The summed E-state index contributed by atoms with van der Waals surface area (Å²) in [6.07, 6.45) is 1.46. The first-order chi connectivity index (χ1) is 16.3. The molecule has 2 aromatic rings. The number of benzene rings is 2. The molecule has 0 bridgehead atoms. The molecule has 1 atom stereocenters. The highest BCUT2D eigenvalue weighted by Gasteiger charge is 2.32. The molecular weight excluding hydrogens is 486 g/mol. The van der Waals surface area contributed by atoms with E-state index in [0.29, 0.717) is 23.7 Å². The van der Waals surface area contributed by atoms with Gasteiger partial charge in [0, 0.05) is 18.1 Å². The van der Waals surface area contributed by atoms with Crippen LogP contribution in [0.2, 0.25) is 5.02 Å². The van der Waals surface area contributed by atoms with Gasteiger partial charge < -0.3 is 10.2 Å². The molecule has 0 saturated heterocycles. The molecule has 1 unspecified atom stereocenters. The largest absolute Gasteiger partial charge is 0.354 e. The van der Waals surface area contributed by atoms with Crippen LogP contribution in [0.1, 0.15) is 43.9 Å². The van der Waals surface area contributed by atoms with Gasteiger partial charge in [-0.15, -0.1) is 0 Å². The number of amides is 2. The summed E-state index contributed by atoms with van der Waals surface area (Å²) in [5, 5.41) is 3.47. The average Bonchev–Trinajstić information content (AvgIpc) is 2.76. The second-order valence-electron chi connectivity index (χ2n) is 9.27. The Bertz CT molecular complexity index is 1130. The van der Waals surface area contributed by atoms with Crippen molar-refractivity contribution in [3.8, 4) is 0 Å². The average molecular weight is 522 g/mol. The predicted octanol–water partition coefficient (Wildman–Crippen LogP) is 4.30. The summed E-state index contributed by atoms with van der Waals surface area (Å²) < 4.78 is 26.6. The zero-order valence-electron chi connectivity index (χ0n) is 21.3. The fraction of sp³-hybridized carbons (Fsp3) is 0.462. The van der Waals surface area contributed by atoms with Crippen LogP contribution in [0.4, 0.5) is 5.69 Å². The fourth-order valence-corrected chi connectivity index (χ4v) is 4.84. The maximum absolute atomic E-state index is 13.7. The monoisotopic (exact) mass is 521 g/mol. The predicted molar refractivity (Wildman–Crippen MR) is 142 cm³/mol. The highest BCUT2D eigenvalue weighted by molar-refractivity contribution is 7.92. The second kappa shape index (κ2) is 12.4. The van der Waals surface area contributed by atoms with Gasteiger partial charge in [0.15, 0.2) is 0 Å². The lowest BCUT2D eigenvalue weighted by Gasteiger charge is -2.33. The molecule has 0 aliphatic carbocycles. The van der Waals surface area contributed by atoms with Crippen molar-refractivity contribution in [2.45, 2.75) is 53.6 Å². The Morgan fingerprint density at radius 3 is 2.20 bits per heavy atom. The van der Waals surface area contributed by atoms with Crippen LogP contribution in [0.25, 0.3) is 0 Å². The first-order valence-electron chi connectivity index (χ1n) is 11.7. The number of carbonyl (C=O) groups excluding carboxylic acids is 2. The Hall–Kier alpha value is -2.58. The van der Waals surface area contributed by atoms with Gasteiger partial charge >= 0.3 is 0 Å². The summed E-state index contributed by atoms with van der Waals surface area (Å²) >= 11 is 6.02. The number of carbonyl (C=O) groups is 2. The summed E-state index contributed by atoms with van der Waals surface area (Å²) in [5.41, 5.74) is 2.96. The number of rotatable bonds is 11. The zero-order valence-corrected chi connectivity index (χ0v) is 22.9. The van der Waals surface area contributed by atoms with Crippen LogP contribution in [0, 0.1) is 19.8 Å². The molecule has 0 saturated carbocycles. The Morgan fingerprint density at radius 2 is 1.69 bits per heavy atom. The molecule has 35 heavy (non-hydrogen) atoms. The van der Waals surface area contributed by atoms with Crippen LogP contribution in [0.3, 0.4) is 0 Å². The standard InChI is InChI=1S/C26H36ClN3O4S/c1-7-23(26(32)28-15-18(2)3)29(16-21-9-11-22(27)12-10-21)25(31)17-30(35(6,33)34)24-13-8-19(4)14-20(24)5/h8-14,18,23H,7,15-17H2,1-6H3,(H,28,32). The fourth-order valence-electron chi connectivity index (χ4n) is 3.81. The SMILES string of the molecule is CCC(C(=O)NCC(C)C)N(Cc1ccc(Cl)cc1)C(=O)CN(c1ccc(C)cc1C)S(C)(=O)=O. The molecule has 2 rings (SSSR count). The van der Waals surface area contributed by atoms with Crippen LogP contribution in [-0.2, 0) is 26.2 Å².